The molecule has 0 aliphatic heterocycles. The molecule has 1 N–H and O–H groups in total. The zero-order valence-electron chi connectivity index (χ0n) is 11.6. The Morgan fingerprint density at radius 1 is 1.32 bits per heavy atom. The molecule has 0 radical (unpaired) electrons. The molecule has 19 heavy (non-hydrogen) atoms. The van der Waals surface area contributed by atoms with Crippen molar-refractivity contribution >= 4 is 28.2 Å². The molecule has 0 saturated heterocycles. The number of hydrogen-bond donors (Lipinski definition) is 1. The fraction of sp³-hybridized carbons (Fsp3) is 0.400. The van der Waals surface area contributed by atoms with Crippen LogP contribution in [0.5, 0.6) is 0 Å². The molecule has 0 aliphatic rings. The van der Waals surface area contributed by atoms with Gasteiger partial charge in [0, 0.05) is 28.7 Å². The van der Waals surface area contributed by atoms with Gasteiger partial charge in [-0.25, -0.2) is 9.37 Å². The van der Waals surface area contributed by atoms with Gasteiger partial charge in [0.05, 0.1) is 5.02 Å². The molecule has 2 aromatic rings. The first-order valence-corrected chi connectivity index (χ1v) is 6.75. The van der Waals surface area contributed by atoms with Crippen molar-refractivity contribution in [2.24, 2.45) is 0 Å². The molecule has 0 amide bonds. The Kier molecular flexibility index (Phi) is 3.68. The predicted octanol–water partition coefficient (Wildman–Crippen LogP) is 4.76. The van der Waals surface area contributed by atoms with E-state index in [1.807, 2.05) is 13.0 Å². The number of hydrogen-bond acceptors (Lipinski definition) is 2. The average molecular weight is 281 g/mol. The second kappa shape index (κ2) is 4.97. The monoisotopic (exact) mass is 280 g/mol. The lowest BCUT2D eigenvalue weighted by Gasteiger charge is -2.21. The van der Waals surface area contributed by atoms with Gasteiger partial charge in [0.25, 0.3) is 0 Å². The van der Waals surface area contributed by atoms with Crippen molar-refractivity contribution in [3.8, 4) is 0 Å². The third kappa shape index (κ3) is 2.66. The summed E-state index contributed by atoms with van der Waals surface area (Å²) in [5, 5.41) is 4.40. The van der Waals surface area contributed by atoms with E-state index in [0.29, 0.717) is 15.9 Å². The second-order valence-electron chi connectivity index (χ2n) is 5.59. The summed E-state index contributed by atoms with van der Waals surface area (Å²) in [6.07, 6.45) is 0. The summed E-state index contributed by atoms with van der Waals surface area (Å²) in [4.78, 5) is 4.45. The number of nitrogens with zero attached hydrogens (tertiary/aromatic N) is 1. The highest BCUT2D eigenvalue weighted by Gasteiger charge is 2.20. The van der Waals surface area contributed by atoms with E-state index in [-0.39, 0.29) is 11.2 Å². The summed E-state index contributed by atoms with van der Waals surface area (Å²) in [5.74, 6) is -0.343. The molecular formula is C15H18ClFN2. The fourth-order valence-electron chi connectivity index (χ4n) is 1.98. The normalized spacial score (nSPS) is 11.9. The van der Waals surface area contributed by atoms with E-state index in [1.165, 1.54) is 6.07 Å². The number of rotatable bonds is 2. The molecule has 0 saturated carbocycles. The lowest BCUT2D eigenvalue weighted by molar-refractivity contribution is 0.569. The van der Waals surface area contributed by atoms with Crippen LogP contribution in [0, 0.1) is 5.82 Å². The Morgan fingerprint density at radius 3 is 2.58 bits per heavy atom. The van der Waals surface area contributed by atoms with Crippen molar-refractivity contribution < 1.29 is 4.39 Å². The van der Waals surface area contributed by atoms with Crippen LogP contribution in [0.25, 0.3) is 10.9 Å². The van der Waals surface area contributed by atoms with E-state index >= 15 is 0 Å². The number of pyridine rings is 1. The van der Waals surface area contributed by atoms with Crippen LogP contribution >= 0.6 is 11.6 Å². The van der Waals surface area contributed by atoms with Crippen molar-refractivity contribution in [1.29, 1.82) is 0 Å². The van der Waals surface area contributed by atoms with E-state index in [9.17, 15) is 4.39 Å². The minimum Gasteiger partial charge on any atom is -0.385 e. The minimum absolute atomic E-state index is 0.146. The van der Waals surface area contributed by atoms with E-state index < -0.39 is 0 Å². The third-order valence-corrected chi connectivity index (χ3v) is 3.31. The van der Waals surface area contributed by atoms with Crippen molar-refractivity contribution in [2.75, 3.05) is 11.9 Å². The van der Waals surface area contributed by atoms with Crippen LogP contribution in [-0.4, -0.2) is 11.5 Å². The van der Waals surface area contributed by atoms with Gasteiger partial charge in [-0.2, -0.15) is 0 Å². The van der Waals surface area contributed by atoms with Crippen LogP contribution in [0.4, 0.5) is 10.1 Å². The smallest absolute Gasteiger partial charge is 0.149 e. The maximum absolute atomic E-state index is 14.0. The second-order valence-corrected chi connectivity index (χ2v) is 6.00. The van der Waals surface area contributed by atoms with E-state index in [2.05, 4.69) is 31.1 Å². The Morgan fingerprint density at radius 2 is 2.00 bits per heavy atom. The van der Waals surface area contributed by atoms with Crippen LogP contribution in [0.2, 0.25) is 5.02 Å². The van der Waals surface area contributed by atoms with Gasteiger partial charge in [-0.15, -0.1) is 0 Å². The summed E-state index contributed by atoms with van der Waals surface area (Å²) < 4.78 is 14.0. The molecule has 0 spiro atoms. The summed E-state index contributed by atoms with van der Waals surface area (Å²) >= 11 is 6.19. The van der Waals surface area contributed by atoms with Gasteiger partial charge in [0.1, 0.15) is 11.3 Å². The standard InChI is InChI=1S/C15H18ClFN2/c1-5-18-11-8-12(15(2,3)4)19-14-10(17)7-6-9(16)13(11)14/h6-8H,5H2,1-4H3,(H,18,19). The zero-order valence-corrected chi connectivity index (χ0v) is 12.4. The van der Waals surface area contributed by atoms with Crippen molar-refractivity contribution in [3.05, 3.63) is 34.7 Å². The molecule has 0 unspecified atom stereocenters. The Bertz CT molecular complexity index is 618. The molecule has 2 nitrogen and oxygen atoms in total. The molecule has 2 rings (SSSR count). The predicted molar refractivity (Wildman–Crippen MR) is 79.6 cm³/mol. The molecule has 1 heterocycles. The molecular weight excluding hydrogens is 263 g/mol. The summed E-state index contributed by atoms with van der Waals surface area (Å²) in [6.45, 7) is 8.91. The van der Waals surface area contributed by atoms with Crippen LogP contribution in [-0.2, 0) is 5.41 Å². The average Bonchev–Trinajstić information content (AvgIpc) is 2.33. The number of fused-ring (bicyclic) bond motifs is 1. The van der Waals surface area contributed by atoms with Crippen LogP contribution in [0.3, 0.4) is 0 Å². The van der Waals surface area contributed by atoms with E-state index in [0.717, 1.165) is 17.9 Å². The molecule has 4 heteroatoms. The van der Waals surface area contributed by atoms with Gasteiger partial charge >= 0.3 is 0 Å². The highest BCUT2D eigenvalue weighted by atomic mass is 35.5. The quantitative estimate of drug-likeness (QED) is 0.858. The maximum Gasteiger partial charge on any atom is 0.149 e. The van der Waals surface area contributed by atoms with Gasteiger partial charge in [0.15, 0.2) is 0 Å². The Labute approximate surface area is 118 Å². The van der Waals surface area contributed by atoms with Gasteiger partial charge in [-0.05, 0) is 25.1 Å². The van der Waals surface area contributed by atoms with Crippen LogP contribution < -0.4 is 5.32 Å². The number of halogens is 2. The van der Waals surface area contributed by atoms with Gasteiger partial charge in [-0.3, -0.25) is 0 Å². The first kappa shape index (κ1) is 14.1. The minimum atomic E-state index is -0.343. The van der Waals surface area contributed by atoms with Gasteiger partial charge in [0.2, 0.25) is 0 Å². The molecule has 0 aliphatic carbocycles. The van der Waals surface area contributed by atoms with Crippen molar-refractivity contribution in [1.82, 2.24) is 4.98 Å². The molecule has 1 aromatic heterocycles. The van der Waals surface area contributed by atoms with Crippen molar-refractivity contribution in [3.63, 3.8) is 0 Å². The van der Waals surface area contributed by atoms with Gasteiger partial charge < -0.3 is 5.32 Å². The lowest BCUT2D eigenvalue weighted by atomic mass is 9.90. The van der Waals surface area contributed by atoms with Crippen molar-refractivity contribution in [2.45, 2.75) is 33.1 Å². The molecule has 1 aromatic carbocycles. The summed E-state index contributed by atoms with van der Waals surface area (Å²) in [6, 6.07) is 4.88. The van der Waals surface area contributed by atoms with Crippen LogP contribution in [0.1, 0.15) is 33.4 Å². The fourth-order valence-corrected chi connectivity index (χ4v) is 2.24. The van der Waals surface area contributed by atoms with E-state index in [1.54, 1.807) is 6.07 Å². The SMILES string of the molecule is CCNc1cc(C(C)(C)C)nc2c(F)ccc(Cl)c12. The van der Waals surface area contributed by atoms with Gasteiger partial charge in [-0.1, -0.05) is 32.4 Å². The number of nitrogens with one attached hydrogen (secondary N) is 1. The summed E-state index contributed by atoms with van der Waals surface area (Å²) in [5.41, 5.74) is 1.86. The zero-order chi connectivity index (χ0) is 14.2. The third-order valence-electron chi connectivity index (χ3n) is 3.00. The topological polar surface area (TPSA) is 24.9 Å². The molecule has 0 fully saturated rings. The number of anilines is 1. The first-order valence-electron chi connectivity index (χ1n) is 6.37. The highest BCUT2D eigenvalue weighted by Crippen LogP contribution is 2.34. The Hall–Kier alpha value is -1.35. The largest absolute Gasteiger partial charge is 0.385 e. The first-order chi connectivity index (χ1) is 8.84. The number of benzene rings is 1. The maximum atomic E-state index is 14.0. The molecule has 0 bridgehead atoms. The molecule has 102 valence electrons. The lowest BCUT2D eigenvalue weighted by Crippen LogP contribution is -2.15. The highest BCUT2D eigenvalue weighted by molar-refractivity contribution is 6.36. The Balaban J connectivity index is 2.83. The summed E-state index contributed by atoms with van der Waals surface area (Å²) in [7, 11) is 0. The van der Waals surface area contributed by atoms with E-state index in [4.69, 9.17) is 11.6 Å². The molecule has 0 atom stereocenters. The number of aromatic nitrogens is 1. The van der Waals surface area contributed by atoms with Crippen LogP contribution in [0.15, 0.2) is 18.2 Å².